The van der Waals surface area contributed by atoms with Crippen LogP contribution in [0.4, 0.5) is 0 Å². The van der Waals surface area contributed by atoms with Crippen molar-refractivity contribution in [1.82, 2.24) is 4.90 Å². The van der Waals surface area contributed by atoms with Gasteiger partial charge in [-0.25, -0.2) is 0 Å². The number of rotatable bonds is 4. The van der Waals surface area contributed by atoms with E-state index in [2.05, 4.69) is 4.90 Å². The Morgan fingerprint density at radius 3 is 2.74 bits per heavy atom. The number of nitrogens with two attached hydrogens (primary N) is 1. The van der Waals surface area contributed by atoms with E-state index in [4.69, 9.17) is 15.2 Å². The van der Waals surface area contributed by atoms with Crippen LogP contribution in [-0.2, 0) is 27.4 Å². The van der Waals surface area contributed by atoms with Crippen molar-refractivity contribution in [2.75, 3.05) is 26.9 Å². The summed E-state index contributed by atoms with van der Waals surface area (Å²) >= 11 is 0. The van der Waals surface area contributed by atoms with Crippen molar-refractivity contribution in [3.63, 3.8) is 0 Å². The third-order valence-corrected chi connectivity index (χ3v) is 3.36. The maximum Gasteiger partial charge on any atom is 0.325 e. The number of hydrogen-bond donors (Lipinski definition) is 1. The predicted molar refractivity (Wildman–Crippen MR) is 71.4 cm³/mol. The van der Waals surface area contributed by atoms with E-state index >= 15 is 0 Å². The standard InChI is InChI=1S/C14H20N2O3/c1-18-14(17)13-10-19-7-6-16(13)9-12-4-2-11(8-15)3-5-12/h2-5,13H,6-10,15H2,1H3. The van der Waals surface area contributed by atoms with Crippen LogP contribution in [0.15, 0.2) is 24.3 Å². The van der Waals surface area contributed by atoms with Crippen LogP contribution in [0.2, 0.25) is 0 Å². The van der Waals surface area contributed by atoms with Crippen molar-refractivity contribution in [2.24, 2.45) is 5.73 Å². The molecule has 5 nitrogen and oxygen atoms in total. The van der Waals surface area contributed by atoms with E-state index in [1.807, 2.05) is 24.3 Å². The smallest absolute Gasteiger partial charge is 0.325 e. The average Bonchev–Trinajstić information content (AvgIpc) is 2.48. The molecule has 0 amide bonds. The van der Waals surface area contributed by atoms with Gasteiger partial charge < -0.3 is 15.2 Å². The third-order valence-electron chi connectivity index (χ3n) is 3.36. The zero-order chi connectivity index (χ0) is 13.7. The molecule has 0 bridgehead atoms. The van der Waals surface area contributed by atoms with Gasteiger partial charge in [0.1, 0.15) is 6.04 Å². The first-order valence-corrected chi connectivity index (χ1v) is 6.42. The second kappa shape index (κ2) is 6.65. The van der Waals surface area contributed by atoms with Crippen molar-refractivity contribution in [3.05, 3.63) is 35.4 Å². The number of ether oxygens (including phenoxy) is 2. The number of esters is 1. The second-order valence-corrected chi connectivity index (χ2v) is 4.60. The van der Waals surface area contributed by atoms with Crippen LogP contribution in [0.3, 0.4) is 0 Å². The minimum absolute atomic E-state index is 0.238. The Balaban J connectivity index is 2.03. The number of morpholine rings is 1. The van der Waals surface area contributed by atoms with Crippen LogP contribution in [0.5, 0.6) is 0 Å². The van der Waals surface area contributed by atoms with Gasteiger partial charge in [-0.05, 0) is 11.1 Å². The largest absolute Gasteiger partial charge is 0.468 e. The van der Waals surface area contributed by atoms with E-state index < -0.39 is 0 Å². The van der Waals surface area contributed by atoms with Crippen LogP contribution in [-0.4, -0.2) is 43.8 Å². The summed E-state index contributed by atoms with van der Waals surface area (Å²) in [6.45, 7) is 3.04. The van der Waals surface area contributed by atoms with E-state index in [-0.39, 0.29) is 12.0 Å². The van der Waals surface area contributed by atoms with Crippen molar-refractivity contribution < 1.29 is 14.3 Å². The number of carbonyl (C=O) groups is 1. The molecule has 1 unspecified atom stereocenters. The molecule has 0 aliphatic carbocycles. The molecule has 1 aliphatic rings. The van der Waals surface area contributed by atoms with Gasteiger partial charge in [0.15, 0.2) is 0 Å². The summed E-state index contributed by atoms with van der Waals surface area (Å²) in [5, 5.41) is 0. The molecule has 1 saturated heterocycles. The molecule has 2 N–H and O–H groups in total. The fourth-order valence-corrected chi connectivity index (χ4v) is 2.20. The Bertz CT molecular complexity index is 419. The highest BCUT2D eigenvalue weighted by Gasteiger charge is 2.30. The molecule has 19 heavy (non-hydrogen) atoms. The maximum atomic E-state index is 11.7. The maximum absolute atomic E-state index is 11.7. The zero-order valence-corrected chi connectivity index (χ0v) is 11.2. The monoisotopic (exact) mass is 264 g/mol. The highest BCUT2D eigenvalue weighted by molar-refractivity contribution is 5.75. The van der Waals surface area contributed by atoms with Crippen LogP contribution in [0, 0.1) is 0 Å². The predicted octanol–water partition coefficient (Wildman–Crippen LogP) is 0.519. The Labute approximate surface area is 113 Å². The summed E-state index contributed by atoms with van der Waals surface area (Å²) in [7, 11) is 1.41. The summed E-state index contributed by atoms with van der Waals surface area (Å²) in [6, 6.07) is 7.82. The van der Waals surface area contributed by atoms with Gasteiger partial charge in [0.2, 0.25) is 0 Å². The summed E-state index contributed by atoms with van der Waals surface area (Å²) in [5.41, 5.74) is 7.84. The molecule has 0 aromatic heterocycles. The molecule has 1 aromatic carbocycles. The van der Waals surface area contributed by atoms with Gasteiger partial charge in [-0.3, -0.25) is 9.69 Å². The van der Waals surface area contributed by atoms with Crippen molar-refractivity contribution >= 4 is 5.97 Å². The highest BCUT2D eigenvalue weighted by Crippen LogP contribution is 2.14. The normalized spacial score (nSPS) is 20.2. The lowest BCUT2D eigenvalue weighted by atomic mass is 10.1. The van der Waals surface area contributed by atoms with Gasteiger partial charge in [0, 0.05) is 19.6 Å². The van der Waals surface area contributed by atoms with Gasteiger partial charge in [-0.1, -0.05) is 24.3 Å². The van der Waals surface area contributed by atoms with E-state index in [1.54, 1.807) is 0 Å². The van der Waals surface area contributed by atoms with E-state index in [1.165, 1.54) is 7.11 Å². The van der Waals surface area contributed by atoms with Crippen LogP contribution < -0.4 is 5.73 Å². The van der Waals surface area contributed by atoms with E-state index in [9.17, 15) is 4.79 Å². The average molecular weight is 264 g/mol. The SMILES string of the molecule is COC(=O)C1COCCN1Cc1ccc(CN)cc1. The molecule has 1 aromatic rings. The van der Waals surface area contributed by atoms with Crippen LogP contribution in [0.1, 0.15) is 11.1 Å². The lowest BCUT2D eigenvalue weighted by Gasteiger charge is -2.33. The topological polar surface area (TPSA) is 64.8 Å². The number of methoxy groups -OCH3 is 1. The third kappa shape index (κ3) is 3.53. The fraction of sp³-hybridized carbons (Fsp3) is 0.500. The van der Waals surface area contributed by atoms with Crippen molar-refractivity contribution in [1.29, 1.82) is 0 Å². The number of carbonyl (C=O) groups excluding carboxylic acids is 1. The summed E-state index contributed by atoms with van der Waals surface area (Å²) in [5.74, 6) is -0.238. The Kier molecular flexibility index (Phi) is 4.90. The molecule has 0 spiro atoms. The molecule has 1 atom stereocenters. The Hall–Kier alpha value is -1.43. The first-order chi connectivity index (χ1) is 9.24. The van der Waals surface area contributed by atoms with Crippen LogP contribution in [0.25, 0.3) is 0 Å². The molecule has 1 heterocycles. The van der Waals surface area contributed by atoms with Gasteiger partial charge >= 0.3 is 5.97 Å². The number of hydrogen-bond acceptors (Lipinski definition) is 5. The molecular weight excluding hydrogens is 244 g/mol. The lowest BCUT2D eigenvalue weighted by molar-refractivity contribution is -0.153. The molecular formula is C14H20N2O3. The molecule has 104 valence electrons. The molecule has 1 fully saturated rings. The van der Waals surface area contributed by atoms with Crippen LogP contribution >= 0.6 is 0 Å². The molecule has 1 aliphatic heterocycles. The van der Waals surface area contributed by atoms with Gasteiger partial charge in [0.25, 0.3) is 0 Å². The summed E-state index contributed by atoms with van der Waals surface area (Å²) < 4.78 is 10.2. The summed E-state index contributed by atoms with van der Waals surface area (Å²) in [6.07, 6.45) is 0. The highest BCUT2D eigenvalue weighted by atomic mass is 16.5. The first-order valence-electron chi connectivity index (χ1n) is 6.42. The van der Waals surface area contributed by atoms with Gasteiger partial charge in [-0.15, -0.1) is 0 Å². The second-order valence-electron chi connectivity index (χ2n) is 4.60. The number of benzene rings is 1. The summed E-state index contributed by atoms with van der Waals surface area (Å²) in [4.78, 5) is 13.8. The first kappa shape index (κ1) is 14.0. The minimum atomic E-state index is -0.312. The van der Waals surface area contributed by atoms with Gasteiger partial charge in [0.05, 0.1) is 20.3 Å². The molecule has 5 heteroatoms. The van der Waals surface area contributed by atoms with Crippen molar-refractivity contribution in [2.45, 2.75) is 19.1 Å². The van der Waals surface area contributed by atoms with Gasteiger partial charge in [-0.2, -0.15) is 0 Å². The molecule has 0 radical (unpaired) electrons. The lowest BCUT2D eigenvalue weighted by Crippen LogP contribution is -2.49. The Morgan fingerprint density at radius 1 is 1.42 bits per heavy atom. The van der Waals surface area contributed by atoms with E-state index in [0.29, 0.717) is 26.3 Å². The minimum Gasteiger partial charge on any atom is -0.468 e. The van der Waals surface area contributed by atoms with E-state index in [0.717, 1.165) is 17.7 Å². The quantitative estimate of drug-likeness (QED) is 0.803. The Morgan fingerprint density at radius 2 is 2.11 bits per heavy atom. The zero-order valence-electron chi connectivity index (χ0n) is 11.2. The fourth-order valence-electron chi connectivity index (χ4n) is 2.20. The van der Waals surface area contributed by atoms with Crippen molar-refractivity contribution in [3.8, 4) is 0 Å². The molecule has 0 saturated carbocycles. The number of nitrogens with zero attached hydrogens (tertiary/aromatic N) is 1. The molecule has 2 rings (SSSR count).